The molecule has 1 unspecified atom stereocenters. The van der Waals surface area contributed by atoms with Crippen LogP contribution in [0.3, 0.4) is 0 Å². The maximum absolute atomic E-state index is 4.85. The van der Waals surface area contributed by atoms with Gasteiger partial charge in [0.2, 0.25) is 0 Å². The lowest BCUT2D eigenvalue weighted by Gasteiger charge is -2.12. The summed E-state index contributed by atoms with van der Waals surface area (Å²) >= 11 is 0. The Morgan fingerprint density at radius 2 is 1.90 bits per heavy atom. The van der Waals surface area contributed by atoms with Crippen molar-refractivity contribution in [2.24, 2.45) is 0 Å². The van der Waals surface area contributed by atoms with Crippen molar-refractivity contribution in [1.82, 2.24) is 10.3 Å². The third-order valence-corrected chi connectivity index (χ3v) is 4.49. The molecule has 1 heterocycles. The lowest BCUT2D eigenvalue weighted by Crippen LogP contribution is -2.12. The van der Waals surface area contributed by atoms with Crippen LogP contribution in [0.5, 0.6) is 0 Å². The highest BCUT2D eigenvalue weighted by molar-refractivity contribution is 5.82. The maximum atomic E-state index is 4.85. The highest BCUT2D eigenvalue weighted by Gasteiger charge is 2.23. The fourth-order valence-corrected chi connectivity index (χ4v) is 3.41. The first-order valence-corrected chi connectivity index (χ1v) is 7.52. The fourth-order valence-electron chi connectivity index (χ4n) is 3.41. The van der Waals surface area contributed by atoms with Gasteiger partial charge in [0, 0.05) is 17.0 Å². The molecule has 3 aromatic rings. The second kappa shape index (κ2) is 4.97. The number of fused-ring (bicyclic) bond motifs is 2. The summed E-state index contributed by atoms with van der Waals surface area (Å²) in [5.74, 6) is 0. The third kappa shape index (κ3) is 2.03. The molecule has 0 saturated heterocycles. The number of hydrogen-bond acceptors (Lipinski definition) is 2. The van der Waals surface area contributed by atoms with Gasteiger partial charge in [-0.15, -0.1) is 0 Å². The van der Waals surface area contributed by atoms with Gasteiger partial charge in [-0.3, -0.25) is 0 Å². The Morgan fingerprint density at radius 1 is 1.00 bits per heavy atom. The molecule has 0 fully saturated rings. The van der Waals surface area contributed by atoms with Gasteiger partial charge in [-0.25, -0.2) is 4.98 Å². The Bertz CT molecular complexity index is 808. The number of hydrogen-bond donors (Lipinski definition) is 1. The van der Waals surface area contributed by atoms with Crippen LogP contribution in [-0.2, 0) is 6.42 Å². The van der Waals surface area contributed by atoms with Crippen LogP contribution < -0.4 is 5.32 Å². The summed E-state index contributed by atoms with van der Waals surface area (Å²) in [5, 5.41) is 4.60. The van der Waals surface area contributed by atoms with Crippen molar-refractivity contribution in [2.45, 2.75) is 18.9 Å². The lowest BCUT2D eigenvalue weighted by molar-refractivity contribution is 0.590. The van der Waals surface area contributed by atoms with Gasteiger partial charge >= 0.3 is 0 Å². The molecule has 0 spiro atoms. The van der Waals surface area contributed by atoms with Crippen molar-refractivity contribution in [3.8, 4) is 11.3 Å². The van der Waals surface area contributed by atoms with Crippen LogP contribution in [0.25, 0.3) is 22.2 Å². The molecular formula is C19H18N2. The van der Waals surface area contributed by atoms with Gasteiger partial charge in [-0.1, -0.05) is 42.5 Å². The van der Waals surface area contributed by atoms with Gasteiger partial charge < -0.3 is 5.32 Å². The molecule has 1 N–H and O–H groups in total. The molecule has 2 heteroatoms. The highest BCUT2D eigenvalue weighted by Crippen LogP contribution is 2.37. The topological polar surface area (TPSA) is 24.9 Å². The maximum Gasteiger partial charge on any atom is 0.0712 e. The lowest BCUT2D eigenvalue weighted by atomic mass is 9.99. The first-order chi connectivity index (χ1) is 10.4. The molecule has 1 aliphatic carbocycles. The average molecular weight is 274 g/mol. The van der Waals surface area contributed by atoms with Crippen LogP contribution in [-0.4, -0.2) is 12.0 Å². The van der Waals surface area contributed by atoms with E-state index in [-0.39, 0.29) is 0 Å². The van der Waals surface area contributed by atoms with Crippen LogP contribution in [0.15, 0.2) is 54.6 Å². The van der Waals surface area contributed by atoms with Gasteiger partial charge in [-0.05, 0) is 43.1 Å². The van der Waals surface area contributed by atoms with Crippen LogP contribution in [0, 0.1) is 0 Å². The van der Waals surface area contributed by atoms with Gasteiger partial charge in [0.25, 0.3) is 0 Å². The molecule has 1 aliphatic rings. The Hall–Kier alpha value is -2.19. The standard InChI is InChI=1S/C19H18N2/c1-20-18-12-10-14-15(18)6-4-7-16(14)19-11-9-13-5-2-3-8-17(13)21-19/h2-9,11,18,20H,10,12H2,1H3. The van der Waals surface area contributed by atoms with Crippen LogP contribution >= 0.6 is 0 Å². The number of benzene rings is 2. The van der Waals surface area contributed by atoms with E-state index in [0.29, 0.717) is 6.04 Å². The smallest absolute Gasteiger partial charge is 0.0712 e. The largest absolute Gasteiger partial charge is 0.313 e. The van der Waals surface area contributed by atoms with Crippen molar-refractivity contribution in [3.63, 3.8) is 0 Å². The van der Waals surface area contributed by atoms with E-state index >= 15 is 0 Å². The normalized spacial score (nSPS) is 17.1. The predicted octanol–water partition coefficient (Wildman–Crippen LogP) is 4.11. The van der Waals surface area contributed by atoms with E-state index in [1.54, 1.807) is 0 Å². The average Bonchev–Trinajstić information content (AvgIpc) is 2.97. The first kappa shape index (κ1) is 12.5. The summed E-state index contributed by atoms with van der Waals surface area (Å²) in [6, 6.07) is 19.7. The number of aromatic nitrogens is 1. The van der Waals surface area contributed by atoms with Crippen molar-refractivity contribution >= 4 is 10.9 Å². The van der Waals surface area contributed by atoms with Gasteiger partial charge in [0.1, 0.15) is 0 Å². The molecule has 0 saturated carbocycles. The van der Waals surface area contributed by atoms with E-state index in [0.717, 1.165) is 17.6 Å². The Morgan fingerprint density at radius 3 is 2.81 bits per heavy atom. The third-order valence-electron chi connectivity index (χ3n) is 4.49. The molecule has 21 heavy (non-hydrogen) atoms. The van der Waals surface area contributed by atoms with Gasteiger partial charge in [-0.2, -0.15) is 0 Å². The first-order valence-electron chi connectivity index (χ1n) is 7.52. The summed E-state index contributed by atoms with van der Waals surface area (Å²) in [6.07, 6.45) is 2.31. The van der Waals surface area contributed by atoms with Crippen molar-refractivity contribution < 1.29 is 0 Å². The zero-order valence-corrected chi connectivity index (χ0v) is 12.1. The van der Waals surface area contributed by atoms with E-state index < -0.39 is 0 Å². The molecule has 0 bridgehead atoms. The zero-order valence-electron chi connectivity index (χ0n) is 12.1. The molecular weight excluding hydrogens is 256 g/mol. The van der Waals surface area contributed by atoms with E-state index in [1.807, 2.05) is 13.1 Å². The molecule has 0 radical (unpaired) electrons. The van der Waals surface area contributed by atoms with Crippen molar-refractivity contribution in [2.75, 3.05) is 7.05 Å². The second-order valence-corrected chi connectivity index (χ2v) is 5.64. The summed E-state index contributed by atoms with van der Waals surface area (Å²) in [6.45, 7) is 0. The minimum Gasteiger partial charge on any atom is -0.313 e. The monoisotopic (exact) mass is 274 g/mol. The second-order valence-electron chi connectivity index (χ2n) is 5.64. The van der Waals surface area contributed by atoms with Crippen molar-refractivity contribution in [3.05, 3.63) is 65.7 Å². The molecule has 1 aromatic heterocycles. The SMILES string of the molecule is CNC1CCc2c(-c3ccc4ccccc4n3)cccc21. The van der Waals surface area contributed by atoms with Crippen LogP contribution in [0.2, 0.25) is 0 Å². The molecule has 1 atom stereocenters. The molecule has 2 aromatic carbocycles. The van der Waals surface area contributed by atoms with Gasteiger partial charge in [0.15, 0.2) is 0 Å². The van der Waals surface area contributed by atoms with Crippen LogP contribution in [0.1, 0.15) is 23.6 Å². The number of pyridine rings is 1. The van der Waals surface area contributed by atoms with E-state index in [1.165, 1.54) is 28.5 Å². The predicted molar refractivity (Wildman–Crippen MR) is 87.3 cm³/mol. The van der Waals surface area contributed by atoms with E-state index in [2.05, 4.69) is 53.8 Å². The number of nitrogens with one attached hydrogen (secondary N) is 1. The molecule has 4 rings (SSSR count). The Labute approximate surface area is 124 Å². The summed E-state index contributed by atoms with van der Waals surface area (Å²) in [7, 11) is 2.04. The van der Waals surface area contributed by atoms with E-state index in [9.17, 15) is 0 Å². The number of para-hydroxylation sites is 1. The summed E-state index contributed by atoms with van der Waals surface area (Å²) in [5.41, 5.74) is 6.33. The summed E-state index contributed by atoms with van der Waals surface area (Å²) in [4.78, 5) is 4.85. The van der Waals surface area contributed by atoms with Gasteiger partial charge in [0.05, 0.1) is 11.2 Å². The fraction of sp³-hybridized carbons (Fsp3) is 0.211. The quantitative estimate of drug-likeness (QED) is 0.760. The summed E-state index contributed by atoms with van der Waals surface area (Å²) < 4.78 is 0. The number of nitrogens with zero attached hydrogens (tertiary/aromatic N) is 1. The minimum atomic E-state index is 0.486. The molecule has 0 amide bonds. The number of rotatable bonds is 2. The Kier molecular flexibility index (Phi) is 2.97. The van der Waals surface area contributed by atoms with E-state index in [4.69, 9.17) is 4.98 Å². The molecule has 2 nitrogen and oxygen atoms in total. The Balaban J connectivity index is 1.88. The van der Waals surface area contributed by atoms with Crippen molar-refractivity contribution in [1.29, 1.82) is 0 Å². The molecule has 104 valence electrons. The zero-order chi connectivity index (χ0) is 14.2. The van der Waals surface area contributed by atoms with Crippen LogP contribution in [0.4, 0.5) is 0 Å². The highest BCUT2D eigenvalue weighted by atomic mass is 14.9. The molecule has 0 aliphatic heterocycles. The minimum absolute atomic E-state index is 0.486.